The van der Waals surface area contributed by atoms with Crippen LogP contribution in [0.1, 0.15) is 27.2 Å². The third kappa shape index (κ3) is 4.03. The van der Waals surface area contributed by atoms with Crippen molar-refractivity contribution in [2.24, 2.45) is 0 Å². The smallest absolute Gasteiger partial charge is 0.338 e. The van der Waals surface area contributed by atoms with Crippen LogP contribution >= 0.6 is 0 Å². The van der Waals surface area contributed by atoms with Crippen LogP contribution in [0.15, 0.2) is 60.8 Å². The zero-order chi connectivity index (χ0) is 16.1. The van der Waals surface area contributed by atoms with Crippen LogP contribution < -0.4 is 0 Å². The van der Waals surface area contributed by atoms with Gasteiger partial charge in [-0.05, 0) is 24.6 Å². The predicted molar refractivity (Wildman–Crippen MR) is 85.9 cm³/mol. The molecule has 1 heterocycles. The number of aromatic nitrogens is 3. The topological polar surface area (TPSA) is 57.0 Å². The molecule has 23 heavy (non-hydrogen) atoms. The molecule has 0 radical (unpaired) electrons. The monoisotopic (exact) mass is 307 g/mol. The van der Waals surface area contributed by atoms with Crippen molar-refractivity contribution < 1.29 is 9.53 Å². The second kappa shape index (κ2) is 6.87. The molecule has 0 saturated carbocycles. The maximum absolute atomic E-state index is 11.9. The third-order valence-electron chi connectivity index (χ3n) is 3.41. The first-order valence-electron chi connectivity index (χ1n) is 7.37. The van der Waals surface area contributed by atoms with Gasteiger partial charge >= 0.3 is 5.97 Å². The van der Waals surface area contributed by atoms with Crippen molar-refractivity contribution in [3.05, 3.63) is 83.2 Å². The molecule has 2 aromatic carbocycles. The van der Waals surface area contributed by atoms with Crippen LogP contribution in [0.3, 0.4) is 0 Å². The number of rotatable bonds is 5. The first-order chi connectivity index (χ1) is 11.2. The van der Waals surface area contributed by atoms with Crippen LogP contribution in [0, 0.1) is 6.92 Å². The molecule has 0 unspecified atom stereocenters. The second-order valence-corrected chi connectivity index (χ2v) is 5.34. The molecule has 0 saturated heterocycles. The number of carbonyl (C=O) groups excluding carboxylic acids is 1. The SMILES string of the molecule is Cc1ccc(Cn2cc(COC(=O)c3ccccc3)nn2)cc1. The molecule has 0 spiro atoms. The lowest BCUT2D eigenvalue weighted by molar-refractivity contribution is 0.0467. The average molecular weight is 307 g/mol. The van der Waals surface area contributed by atoms with Gasteiger partial charge in [0.2, 0.25) is 0 Å². The molecule has 116 valence electrons. The molecule has 0 aliphatic carbocycles. The van der Waals surface area contributed by atoms with Crippen LogP contribution in [0.25, 0.3) is 0 Å². The van der Waals surface area contributed by atoms with E-state index in [2.05, 4.69) is 41.5 Å². The molecule has 0 amide bonds. The summed E-state index contributed by atoms with van der Waals surface area (Å²) in [4.78, 5) is 11.9. The fourth-order valence-electron chi connectivity index (χ4n) is 2.16. The summed E-state index contributed by atoms with van der Waals surface area (Å²) in [5.74, 6) is -0.362. The number of benzene rings is 2. The summed E-state index contributed by atoms with van der Waals surface area (Å²) < 4.78 is 6.97. The van der Waals surface area contributed by atoms with Crippen molar-refractivity contribution in [3.8, 4) is 0 Å². The number of hydrogen-bond acceptors (Lipinski definition) is 4. The van der Waals surface area contributed by atoms with E-state index in [4.69, 9.17) is 4.74 Å². The van der Waals surface area contributed by atoms with Crippen LogP contribution in [-0.2, 0) is 17.9 Å². The molecule has 0 fully saturated rings. The molecule has 1 aromatic heterocycles. The van der Waals surface area contributed by atoms with Gasteiger partial charge < -0.3 is 4.74 Å². The molecule has 0 aliphatic heterocycles. The summed E-state index contributed by atoms with van der Waals surface area (Å²) in [6.45, 7) is 2.81. The van der Waals surface area contributed by atoms with Gasteiger partial charge in [0.25, 0.3) is 0 Å². The molecule has 0 N–H and O–H groups in total. The van der Waals surface area contributed by atoms with Gasteiger partial charge in [-0.2, -0.15) is 0 Å². The Morgan fingerprint density at radius 1 is 1.09 bits per heavy atom. The van der Waals surface area contributed by atoms with Gasteiger partial charge in [-0.15, -0.1) is 5.10 Å². The number of aryl methyl sites for hydroxylation is 1. The molecule has 3 rings (SSSR count). The summed E-state index contributed by atoms with van der Waals surface area (Å²) in [6, 6.07) is 17.1. The van der Waals surface area contributed by atoms with Gasteiger partial charge in [-0.1, -0.05) is 53.2 Å². The Morgan fingerprint density at radius 2 is 1.83 bits per heavy atom. The highest BCUT2D eigenvalue weighted by molar-refractivity contribution is 5.89. The lowest BCUT2D eigenvalue weighted by Gasteiger charge is -2.02. The number of esters is 1. The fourth-order valence-corrected chi connectivity index (χ4v) is 2.16. The van der Waals surface area contributed by atoms with E-state index in [1.54, 1.807) is 35.1 Å². The molecule has 5 nitrogen and oxygen atoms in total. The summed E-state index contributed by atoms with van der Waals surface area (Å²) in [5.41, 5.74) is 3.52. The van der Waals surface area contributed by atoms with Crippen LogP contribution in [0.2, 0.25) is 0 Å². The van der Waals surface area contributed by atoms with Crippen molar-refractivity contribution in [1.29, 1.82) is 0 Å². The maximum Gasteiger partial charge on any atom is 0.338 e. The second-order valence-electron chi connectivity index (χ2n) is 5.34. The quantitative estimate of drug-likeness (QED) is 0.680. The van der Waals surface area contributed by atoms with Gasteiger partial charge in [0, 0.05) is 0 Å². The molecular formula is C18H17N3O2. The van der Waals surface area contributed by atoms with Gasteiger partial charge in [-0.3, -0.25) is 0 Å². The van der Waals surface area contributed by atoms with Gasteiger partial charge in [0.1, 0.15) is 12.3 Å². The highest BCUT2D eigenvalue weighted by Crippen LogP contribution is 2.07. The van der Waals surface area contributed by atoms with Crippen molar-refractivity contribution in [1.82, 2.24) is 15.0 Å². The molecule has 3 aromatic rings. The largest absolute Gasteiger partial charge is 0.455 e. The first kappa shape index (κ1) is 15.0. The lowest BCUT2D eigenvalue weighted by atomic mass is 10.1. The standard InChI is InChI=1S/C18H17N3O2/c1-14-7-9-15(10-8-14)11-21-12-17(19-20-21)13-23-18(22)16-5-3-2-4-6-16/h2-10,12H,11,13H2,1H3. The van der Waals surface area contributed by atoms with Crippen molar-refractivity contribution in [2.75, 3.05) is 0 Å². The average Bonchev–Trinajstić information content (AvgIpc) is 3.03. The Morgan fingerprint density at radius 3 is 2.57 bits per heavy atom. The zero-order valence-corrected chi connectivity index (χ0v) is 12.8. The first-order valence-corrected chi connectivity index (χ1v) is 7.37. The number of hydrogen-bond donors (Lipinski definition) is 0. The van der Waals surface area contributed by atoms with Gasteiger partial charge in [0.15, 0.2) is 0 Å². The summed E-state index contributed by atoms with van der Waals surface area (Å²) in [5, 5.41) is 8.09. The normalized spacial score (nSPS) is 10.5. The maximum atomic E-state index is 11.9. The van der Waals surface area contributed by atoms with E-state index in [-0.39, 0.29) is 12.6 Å². The Hall–Kier alpha value is -2.95. The Bertz CT molecular complexity index is 780. The Kier molecular flexibility index (Phi) is 4.47. The molecular weight excluding hydrogens is 290 g/mol. The molecule has 5 heteroatoms. The minimum Gasteiger partial charge on any atom is -0.455 e. The summed E-state index contributed by atoms with van der Waals surface area (Å²) in [7, 11) is 0. The highest BCUT2D eigenvalue weighted by atomic mass is 16.5. The highest BCUT2D eigenvalue weighted by Gasteiger charge is 2.08. The van der Waals surface area contributed by atoms with E-state index in [9.17, 15) is 4.79 Å². The summed E-state index contributed by atoms with van der Waals surface area (Å²) in [6.07, 6.45) is 1.79. The van der Waals surface area contributed by atoms with E-state index in [0.29, 0.717) is 17.8 Å². The summed E-state index contributed by atoms with van der Waals surface area (Å²) >= 11 is 0. The van der Waals surface area contributed by atoms with E-state index in [1.807, 2.05) is 6.07 Å². The number of carbonyl (C=O) groups is 1. The zero-order valence-electron chi connectivity index (χ0n) is 12.8. The van der Waals surface area contributed by atoms with Crippen molar-refractivity contribution in [3.63, 3.8) is 0 Å². The van der Waals surface area contributed by atoms with Gasteiger partial charge in [0.05, 0.1) is 18.3 Å². The minimum atomic E-state index is -0.362. The van der Waals surface area contributed by atoms with Crippen molar-refractivity contribution in [2.45, 2.75) is 20.1 Å². The van der Waals surface area contributed by atoms with Gasteiger partial charge in [-0.25, -0.2) is 9.48 Å². The number of ether oxygens (including phenoxy) is 1. The van der Waals surface area contributed by atoms with Crippen LogP contribution in [0.4, 0.5) is 0 Å². The van der Waals surface area contributed by atoms with E-state index in [1.165, 1.54) is 5.56 Å². The fraction of sp³-hybridized carbons (Fsp3) is 0.167. The molecule has 0 atom stereocenters. The molecule has 0 bridgehead atoms. The van der Waals surface area contributed by atoms with Crippen LogP contribution in [0.5, 0.6) is 0 Å². The van der Waals surface area contributed by atoms with Crippen molar-refractivity contribution >= 4 is 5.97 Å². The number of nitrogens with zero attached hydrogens (tertiary/aromatic N) is 3. The Labute approximate surface area is 134 Å². The predicted octanol–water partition coefficient (Wildman–Crippen LogP) is 2.99. The van der Waals surface area contributed by atoms with E-state index < -0.39 is 0 Å². The third-order valence-corrected chi connectivity index (χ3v) is 3.41. The minimum absolute atomic E-state index is 0.113. The van der Waals surface area contributed by atoms with E-state index in [0.717, 1.165) is 5.56 Å². The van der Waals surface area contributed by atoms with E-state index >= 15 is 0 Å². The Balaban J connectivity index is 1.57. The lowest BCUT2D eigenvalue weighted by Crippen LogP contribution is -2.05. The van der Waals surface area contributed by atoms with Crippen LogP contribution in [-0.4, -0.2) is 21.0 Å². The molecule has 0 aliphatic rings.